The lowest BCUT2D eigenvalue weighted by atomic mass is 9.92. The summed E-state index contributed by atoms with van der Waals surface area (Å²) >= 11 is 6.02. The number of nitrogens with zero attached hydrogens (tertiary/aromatic N) is 2. The molecule has 3 heterocycles. The molecular formula is C24H25ClN2O5S. The van der Waals surface area contributed by atoms with E-state index < -0.39 is 9.84 Å². The van der Waals surface area contributed by atoms with Crippen molar-refractivity contribution in [2.75, 3.05) is 31.2 Å². The summed E-state index contributed by atoms with van der Waals surface area (Å²) in [5.41, 5.74) is 0.655. The highest BCUT2D eigenvalue weighted by molar-refractivity contribution is 7.91. The van der Waals surface area contributed by atoms with Gasteiger partial charge >= 0.3 is 0 Å². The second-order valence-electron chi connectivity index (χ2n) is 8.80. The monoisotopic (exact) mass is 488 g/mol. The minimum absolute atomic E-state index is 0.0852. The molecule has 0 N–H and O–H groups in total. The van der Waals surface area contributed by atoms with Gasteiger partial charge in [0.1, 0.15) is 13.2 Å². The van der Waals surface area contributed by atoms with E-state index in [1.165, 1.54) is 12.1 Å². The minimum atomic E-state index is -3.99. The molecule has 1 aromatic heterocycles. The van der Waals surface area contributed by atoms with E-state index in [9.17, 15) is 8.42 Å². The first-order valence-electron chi connectivity index (χ1n) is 11.0. The molecule has 1 fully saturated rings. The summed E-state index contributed by atoms with van der Waals surface area (Å²) in [6, 6.07) is 11.6. The number of oxazole rings is 1. The Morgan fingerprint density at radius 1 is 0.970 bits per heavy atom. The van der Waals surface area contributed by atoms with E-state index >= 15 is 0 Å². The number of benzene rings is 2. The van der Waals surface area contributed by atoms with Gasteiger partial charge in [-0.2, -0.15) is 4.98 Å². The highest BCUT2D eigenvalue weighted by atomic mass is 35.5. The summed E-state index contributed by atoms with van der Waals surface area (Å²) < 4.78 is 44.8. The first kappa shape index (κ1) is 22.1. The fourth-order valence-corrected chi connectivity index (χ4v) is 5.98. The molecule has 2 unspecified atom stereocenters. The Bertz CT molecular complexity index is 1260. The van der Waals surface area contributed by atoms with Crippen molar-refractivity contribution in [2.45, 2.75) is 30.2 Å². The third-order valence-corrected chi connectivity index (χ3v) is 7.81. The van der Waals surface area contributed by atoms with Crippen LogP contribution in [0.25, 0.3) is 11.5 Å². The molecule has 0 amide bonds. The van der Waals surface area contributed by atoms with Gasteiger partial charge in [0.25, 0.3) is 0 Å². The van der Waals surface area contributed by atoms with E-state index in [1.54, 1.807) is 30.3 Å². The van der Waals surface area contributed by atoms with Gasteiger partial charge in [0.05, 0.1) is 4.90 Å². The van der Waals surface area contributed by atoms with Crippen LogP contribution in [-0.2, 0) is 9.84 Å². The summed E-state index contributed by atoms with van der Waals surface area (Å²) in [5.74, 6) is 2.26. The van der Waals surface area contributed by atoms with Gasteiger partial charge in [-0.1, -0.05) is 25.4 Å². The summed E-state index contributed by atoms with van der Waals surface area (Å²) in [7, 11) is -3.99. The van der Waals surface area contributed by atoms with Gasteiger partial charge < -0.3 is 18.8 Å². The molecule has 1 saturated heterocycles. The van der Waals surface area contributed by atoms with Gasteiger partial charge in [-0.25, -0.2) is 8.42 Å². The maximum absolute atomic E-state index is 13.8. The first-order valence-corrected chi connectivity index (χ1v) is 12.8. The largest absolute Gasteiger partial charge is 0.486 e. The number of hydrogen-bond acceptors (Lipinski definition) is 7. The van der Waals surface area contributed by atoms with Crippen molar-refractivity contribution in [3.05, 3.63) is 47.5 Å². The van der Waals surface area contributed by atoms with Gasteiger partial charge in [0.2, 0.25) is 26.6 Å². The van der Waals surface area contributed by atoms with E-state index in [1.807, 2.05) is 4.90 Å². The highest BCUT2D eigenvalue weighted by Gasteiger charge is 2.35. The van der Waals surface area contributed by atoms with Crippen LogP contribution in [0.4, 0.5) is 5.88 Å². The van der Waals surface area contributed by atoms with Crippen LogP contribution in [0.1, 0.15) is 20.3 Å². The maximum Gasteiger partial charge on any atom is 0.236 e. The van der Waals surface area contributed by atoms with Crippen LogP contribution in [0.5, 0.6) is 11.5 Å². The van der Waals surface area contributed by atoms with Gasteiger partial charge in [-0.3, -0.25) is 0 Å². The Kier molecular flexibility index (Phi) is 5.74. The van der Waals surface area contributed by atoms with Gasteiger partial charge in [0, 0.05) is 29.7 Å². The van der Waals surface area contributed by atoms with E-state index in [0.29, 0.717) is 60.2 Å². The number of hydrogen-bond donors (Lipinski definition) is 0. The number of anilines is 1. The first-order chi connectivity index (χ1) is 15.8. The molecule has 0 aliphatic carbocycles. The van der Waals surface area contributed by atoms with Crippen molar-refractivity contribution in [1.82, 2.24) is 4.98 Å². The molecule has 0 radical (unpaired) electrons. The Labute approximate surface area is 198 Å². The zero-order chi connectivity index (χ0) is 23.2. The third-order valence-electron chi connectivity index (χ3n) is 5.91. The predicted octanol–water partition coefficient (Wildman–Crippen LogP) is 5.08. The number of rotatable bonds is 4. The molecule has 174 valence electrons. The Morgan fingerprint density at radius 3 is 2.33 bits per heavy atom. The van der Waals surface area contributed by atoms with E-state index in [-0.39, 0.29) is 21.7 Å². The molecule has 0 saturated carbocycles. The van der Waals surface area contributed by atoms with Crippen molar-refractivity contribution >= 4 is 27.3 Å². The minimum Gasteiger partial charge on any atom is -0.486 e. The van der Waals surface area contributed by atoms with Gasteiger partial charge in [-0.05, 0) is 54.7 Å². The lowest BCUT2D eigenvalue weighted by Gasteiger charge is -2.34. The van der Waals surface area contributed by atoms with Crippen LogP contribution in [-0.4, -0.2) is 39.7 Å². The zero-order valence-corrected chi connectivity index (χ0v) is 20.0. The van der Waals surface area contributed by atoms with Crippen molar-refractivity contribution < 1.29 is 22.3 Å². The van der Waals surface area contributed by atoms with Crippen LogP contribution in [0.2, 0.25) is 5.02 Å². The van der Waals surface area contributed by atoms with Crippen LogP contribution >= 0.6 is 11.6 Å². The standard InChI is InChI=1S/C24H25ClN2O5S/c1-15-11-16(2)14-27(13-15)24-23(26-22(32-24)17-3-5-18(25)6-4-17)33(28,29)19-7-8-20-21(12-19)31-10-9-30-20/h3-8,12,15-16H,9-11,13-14H2,1-2H3. The number of halogens is 1. The Hall–Kier alpha value is -2.71. The molecule has 3 aromatic rings. The van der Waals surface area contributed by atoms with Crippen LogP contribution in [0.3, 0.4) is 0 Å². The van der Waals surface area contributed by atoms with Crippen LogP contribution < -0.4 is 14.4 Å². The lowest BCUT2D eigenvalue weighted by Crippen LogP contribution is -2.39. The third kappa shape index (κ3) is 4.29. The number of ether oxygens (including phenoxy) is 2. The number of fused-ring (bicyclic) bond motifs is 1. The molecule has 7 nitrogen and oxygen atoms in total. The molecule has 5 rings (SSSR count). The number of piperidine rings is 1. The second kappa shape index (κ2) is 8.57. The quantitative estimate of drug-likeness (QED) is 0.506. The molecule has 2 aliphatic rings. The number of sulfone groups is 1. The van der Waals surface area contributed by atoms with E-state index in [0.717, 1.165) is 6.42 Å². The van der Waals surface area contributed by atoms with Crippen LogP contribution in [0.15, 0.2) is 56.8 Å². The topological polar surface area (TPSA) is 81.9 Å². The van der Waals surface area contributed by atoms with E-state index in [4.69, 9.17) is 25.5 Å². The lowest BCUT2D eigenvalue weighted by molar-refractivity contribution is 0.171. The maximum atomic E-state index is 13.8. The molecule has 9 heteroatoms. The summed E-state index contributed by atoms with van der Waals surface area (Å²) in [6.45, 7) is 6.52. The van der Waals surface area contributed by atoms with E-state index in [2.05, 4.69) is 18.8 Å². The number of aromatic nitrogens is 1. The fourth-order valence-electron chi connectivity index (χ4n) is 4.52. The smallest absolute Gasteiger partial charge is 0.236 e. The average molecular weight is 489 g/mol. The normalized spacial score (nSPS) is 20.6. The highest BCUT2D eigenvalue weighted by Crippen LogP contribution is 2.39. The van der Waals surface area contributed by atoms with Crippen molar-refractivity contribution in [3.8, 4) is 23.0 Å². The fraction of sp³-hybridized carbons (Fsp3) is 0.375. The van der Waals surface area contributed by atoms with Gasteiger partial charge in [0.15, 0.2) is 11.5 Å². The summed E-state index contributed by atoms with van der Waals surface area (Å²) in [6.07, 6.45) is 1.08. The Morgan fingerprint density at radius 2 is 1.64 bits per heavy atom. The molecule has 2 atom stereocenters. The van der Waals surface area contributed by atoms with Crippen LogP contribution in [0, 0.1) is 11.8 Å². The summed E-state index contributed by atoms with van der Waals surface area (Å²) in [4.78, 5) is 6.57. The molecule has 2 aliphatic heterocycles. The van der Waals surface area contributed by atoms with Crippen molar-refractivity contribution in [3.63, 3.8) is 0 Å². The van der Waals surface area contributed by atoms with Gasteiger partial charge in [-0.15, -0.1) is 0 Å². The Balaban J connectivity index is 1.62. The van der Waals surface area contributed by atoms with Crippen molar-refractivity contribution in [1.29, 1.82) is 0 Å². The zero-order valence-electron chi connectivity index (χ0n) is 18.5. The molecule has 2 aromatic carbocycles. The predicted molar refractivity (Wildman–Crippen MR) is 125 cm³/mol. The molecule has 0 spiro atoms. The van der Waals surface area contributed by atoms with Crippen molar-refractivity contribution in [2.24, 2.45) is 11.8 Å². The SMILES string of the molecule is CC1CC(C)CN(c2oc(-c3ccc(Cl)cc3)nc2S(=O)(=O)c2ccc3c(c2)OCCO3)C1. The molecule has 33 heavy (non-hydrogen) atoms. The second-order valence-corrected chi connectivity index (χ2v) is 11.1. The average Bonchev–Trinajstić information content (AvgIpc) is 3.25. The molecular weight excluding hydrogens is 464 g/mol. The summed E-state index contributed by atoms with van der Waals surface area (Å²) in [5, 5.41) is 0.485. The molecule has 0 bridgehead atoms.